The Bertz CT molecular complexity index is 1040. The molecular weight excluding hydrogens is 419 g/mol. The van der Waals surface area contributed by atoms with Crippen LogP contribution in [0.25, 0.3) is 0 Å². The van der Waals surface area contributed by atoms with Crippen molar-refractivity contribution in [2.45, 2.75) is 36.7 Å². The topological polar surface area (TPSA) is 67.2 Å². The van der Waals surface area contributed by atoms with E-state index < -0.39 is 44.0 Å². The minimum Gasteiger partial charge on any atom is -0.330 e. The summed E-state index contributed by atoms with van der Waals surface area (Å²) in [5.41, 5.74) is 1.21. The van der Waals surface area contributed by atoms with E-state index in [1.165, 1.54) is 0 Å². The van der Waals surface area contributed by atoms with Crippen molar-refractivity contribution in [3.8, 4) is 0 Å². The minimum absolute atomic E-state index is 0.165. The molecule has 158 valence electrons. The fourth-order valence-electron chi connectivity index (χ4n) is 3.84. The molecule has 1 N–H and O–H groups in total. The second-order valence-electron chi connectivity index (χ2n) is 7.03. The molecule has 4 rings (SSSR count). The Morgan fingerprint density at radius 2 is 1.69 bits per heavy atom. The van der Waals surface area contributed by atoms with E-state index in [0.717, 1.165) is 31.6 Å². The number of halogens is 5. The number of hydrogen-bond donors (Lipinski definition) is 1. The van der Waals surface area contributed by atoms with E-state index >= 15 is 0 Å². The van der Waals surface area contributed by atoms with Crippen LogP contribution < -0.4 is 5.32 Å². The molecule has 1 unspecified atom stereocenters. The molecule has 2 aliphatic heterocycles. The number of hydrogen-bond acceptors (Lipinski definition) is 4. The van der Waals surface area contributed by atoms with Gasteiger partial charge in [0.1, 0.15) is 0 Å². The molecule has 6 nitrogen and oxygen atoms in total. The Hall–Kier alpha value is -2.05. The third-order valence-corrected chi connectivity index (χ3v) is 7.20. The molecule has 3 heterocycles. The smallest absolute Gasteiger partial charge is 0.249 e. The zero-order chi connectivity index (χ0) is 20.9. The summed E-state index contributed by atoms with van der Waals surface area (Å²) in [6, 6.07) is 0.165. The molecule has 1 saturated heterocycles. The minimum atomic E-state index is -4.97. The lowest BCUT2D eigenvalue weighted by atomic mass is 10.1. The molecule has 1 fully saturated rings. The zero-order valence-corrected chi connectivity index (χ0v) is 15.9. The molecule has 0 radical (unpaired) electrons. The number of rotatable bonds is 3. The number of piperidine rings is 1. The van der Waals surface area contributed by atoms with Crippen LogP contribution in [0.2, 0.25) is 0 Å². The molecule has 0 amide bonds. The zero-order valence-electron chi connectivity index (χ0n) is 15.1. The molecule has 0 spiro atoms. The molecule has 29 heavy (non-hydrogen) atoms. The summed E-state index contributed by atoms with van der Waals surface area (Å²) in [5.74, 6) is -11.7. The van der Waals surface area contributed by atoms with Crippen LogP contribution in [0.5, 0.6) is 0 Å². The molecule has 1 aromatic carbocycles. The highest BCUT2D eigenvalue weighted by Gasteiger charge is 2.39. The second-order valence-corrected chi connectivity index (χ2v) is 8.91. The van der Waals surface area contributed by atoms with E-state index in [-0.39, 0.29) is 25.6 Å². The summed E-state index contributed by atoms with van der Waals surface area (Å²) >= 11 is 0. The Balaban J connectivity index is 1.67. The Labute approximate surface area is 163 Å². The molecule has 1 atom stereocenters. The lowest BCUT2D eigenvalue weighted by Gasteiger charge is -2.30. The van der Waals surface area contributed by atoms with Gasteiger partial charge in [0, 0.05) is 31.2 Å². The molecule has 2 aromatic rings. The van der Waals surface area contributed by atoms with Gasteiger partial charge in [-0.1, -0.05) is 0 Å². The SMILES string of the molecule is O=S(=O)(c1c(F)c(F)c(F)c(F)c1F)N1CCc2c(ncn2C2CCCNC2)C1. The van der Waals surface area contributed by atoms with Crippen LogP contribution in [-0.2, 0) is 23.0 Å². The van der Waals surface area contributed by atoms with E-state index in [1.807, 2.05) is 4.57 Å². The van der Waals surface area contributed by atoms with Crippen LogP contribution >= 0.6 is 0 Å². The molecule has 0 bridgehead atoms. The predicted octanol–water partition coefficient (Wildman–Crippen LogP) is 2.25. The van der Waals surface area contributed by atoms with Gasteiger partial charge in [-0.25, -0.2) is 35.4 Å². The van der Waals surface area contributed by atoms with Gasteiger partial charge in [-0.3, -0.25) is 0 Å². The molecule has 2 aliphatic rings. The average Bonchev–Trinajstić information content (AvgIpc) is 3.15. The normalized spacial score (nSPS) is 20.7. The van der Waals surface area contributed by atoms with E-state index in [9.17, 15) is 30.4 Å². The summed E-state index contributed by atoms with van der Waals surface area (Å²) in [5, 5.41) is 3.27. The highest BCUT2D eigenvalue weighted by molar-refractivity contribution is 7.89. The molecular formula is C17H17F5N4O2S. The van der Waals surface area contributed by atoms with Gasteiger partial charge in [0.05, 0.1) is 18.6 Å². The van der Waals surface area contributed by atoms with Crippen LogP contribution in [-0.4, -0.2) is 41.9 Å². The van der Waals surface area contributed by atoms with Crippen molar-refractivity contribution in [3.63, 3.8) is 0 Å². The van der Waals surface area contributed by atoms with Crippen LogP contribution in [0.1, 0.15) is 30.3 Å². The van der Waals surface area contributed by atoms with Crippen molar-refractivity contribution in [2.24, 2.45) is 0 Å². The maximum absolute atomic E-state index is 14.0. The number of sulfonamides is 1. The summed E-state index contributed by atoms with van der Waals surface area (Å²) in [4.78, 5) is 2.38. The first-order valence-corrected chi connectivity index (χ1v) is 10.4. The number of imidazole rings is 1. The van der Waals surface area contributed by atoms with Gasteiger partial charge in [-0.2, -0.15) is 4.31 Å². The first-order valence-electron chi connectivity index (χ1n) is 9.00. The van der Waals surface area contributed by atoms with Gasteiger partial charge in [-0.05, 0) is 19.4 Å². The molecule has 12 heteroatoms. The first-order chi connectivity index (χ1) is 13.7. The standard InChI is InChI=1S/C17H17F5N4O2S/c18-12-13(19)15(21)17(16(22)14(12)20)29(27,28)25-5-3-11-10(7-25)24-8-26(11)9-2-1-4-23-6-9/h8-9,23H,1-7H2. The van der Waals surface area contributed by atoms with Gasteiger partial charge >= 0.3 is 0 Å². The van der Waals surface area contributed by atoms with E-state index in [0.29, 0.717) is 10.00 Å². The number of aromatic nitrogens is 2. The van der Waals surface area contributed by atoms with Crippen molar-refractivity contribution < 1.29 is 30.4 Å². The Morgan fingerprint density at radius 1 is 1.03 bits per heavy atom. The fraction of sp³-hybridized carbons (Fsp3) is 0.471. The Kier molecular flexibility index (Phi) is 5.11. The molecule has 1 aromatic heterocycles. The van der Waals surface area contributed by atoms with Crippen molar-refractivity contribution in [1.29, 1.82) is 0 Å². The summed E-state index contributed by atoms with van der Waals surface area (Å²) < 4.78 is 96.4. The van der Waals surface area contributed by atoms with E-state index in [4.69, 9.17) is 0 Å². The van der Waals surface area contributed by atoms with Gasteiger partial charge in [0.15, 0.2) is 28.2 Å². The average molecular weight is 436 g/mol. The highest BCUT2D eigenvalue weighted by Crippen LogP contribution is 2.32. The lowest BCUT2D eigenvalue weighted by Crippen LogP contribution is -2.38. The molecule has 0 aliphatic carbocycles. The summed E-state index contributed by atoms with van der Waals surface area (Å²) in [7, 11) is -4.97. The van der Waals surface area contributed by atoms with Crippen molar-refractivity contribution in [3.05, 3.63) is 46.8 Å². The monoisotopic (exact) mass is 436 g/mol. The third kappa shape index (κ3) is 3.22. The van der Waals surface area contributed by atoms with E-state index in [2.05, 4.69) is 10.3 Å². The van der Waals surface area contributed by atoms with E-state index in [1.54, 1.807) is 6.33 Å². The number of nitrogens with one attached hydrogen (secondary N) is 1. The predicted molar refractivity (Wildman–Crippen MR) is 90.9 cm³/mol. The number of nitrogens with zero attached hydrogens (tertiary/aromatic N) is 3. The molecule has 0 saturated carbocycles. The maximum Gasteiger partial charge on any atom is 0.249 e. The maximum atomic E-state index is 14.0. The van der Waals surface area contributed by atoms with Gasteiger partial charge in [-0.15, -0.1) is 0 Å². The quantitative estimate of drug-likeness (QED) is 0.456. The fourth-order valence-corrected chi connectivity index (χ4v) is 5.35. The van der Waals surface area contributed by atoms with Gasteiger partial charge in [0.2, 0.25) is 15.8 Å². The van der Waals surface area contributed by atoms with Crippen molar-refractivity contribution in [1.82, 2.24) is 19.2 Å². The van der Waals surface area contributed by atoms with Crippen LogP contribution in [0.4, 0.5) is 22.0 Å². The number of fused-ring (bicyclic) bond motifs is 1. The van der Waals surface area contributed by atoms with Crippen LogP contribution in [0, 0.1) is 29.1 Å². The second kappa shape index (κ2) is 7.33. The van der Waals surface area contributed by atoms with Crippen molar-refractivity contribution in [2.75, 3.05) is 19.6 Å². The summed E-state index contributed by atoms with van der Waals surface area (Å²) in [6.07, 6.45) is 3.72. The third-order valence-electron chi connectivity index (χ3n) is 5.34. The Morgan fingerprint density at radius 3 is 2.31 bits per heavy atom. The lowest BCUT2D eigenvalue weighted by molar-refractivity contribution is 0.334. The van der Waals surface area contributed by atoms with Crippen molar-refractivity contribution >= 4 is 10.0 Å². The summed E-state index contributed by atoms with van der Waals surface area (Å²) in [6.45, 7) is 1.18. The van der Waals surface area contributed by atoms with Gasteiger partial charge < -0.3 is 9.88 Å². The largest absolute Gasteiger partial charge is 0.330 e. The number of benzene rings is 1. The van der Waals surface area contributed by atoms with Crippen LogP contribution in [0.15, 0.2) is 11.2 Å². The highest BCUT2D eigenvalue weighted by atomic mass is 32.2. The first kappa shape index (κ1) is 20.2. The van der Waals surface area contributed by atoms with Gasteiger partial charge in [0.25, 0.3) is 0 Å². The van der Waals surface area contributed by atoms with Crippen LogP contribution in [0.3, 0.4) is 0 Å².